The number of sulfone groups is 1. The van der Waals surface area contributed by atoms with Gasteiger partial charge in [0.05, 0.1) is 4.90 Å². The number of pyridine rings is 1. The van der Waals surface area contributed by atoms with E-state index in [1.165, 1.54) is 53.3 Å². The van der Waals surface area contributed by atoms with Crippen molar-refractivity contribution in [3.63, 3.8) is 0 Å². The molecule has 0 spiro atoms. The van der Waals surface area contributed by atoms with Crippen LogP contribution < -0.4 is 5.32 Å². The molecule has 0 saturated carbocycles. The Hall–Kier alpha value is -2.74. The molecule has 3 heterocycles. The van der Waals surface area contributed by atoms with Gasteiger partial charge in [-0.05, 0) is 48.2 Å². The molecular formula is C18H14N6O3S4. The lowest BCUT2D eigenvalue weighted by molar-refractivity contribution is 0.101. The molecule has 0 radical (unpaired) electrons. The molecule has 1 aromatic carbocycles. The maximum atomic E-state index is 12.9. The number of H-pyrrole nitrogens is 1. The number of amides is 1. The lowest BCUT2D eigenvalue weighted by Crippen LogP contribution is -2.15. The predicted molar refractivity (Wildman–Crippen MR) is 118 cm³/mol. The quantitative estimate of drug-likeness (QED) is 0.399. The average molecular weight is 491 g/mol. The topological polar surface area (TPSA) is 131 Å². The van der Waals surface area contributed by atoms with Crippen molar-refractivity contribution >= 4 is 55.7 Å². The van der Waals surface area contributed by atoms with E-state index >= 15 is 0 Å². The van der Waals surface area contributed by atoms with Crippen molar-refractivity contribution in [3.8, 4) is 0 Å². The molecule has 158 valence electrons. The van der Waals surface area contributed by atoms with Crippen LogP contribution in [0.3, 0.4) is 0 Å². The number of carbonyl (C=O) groups excluding carboxylic acids is 1. The molecule has 0 unspecified atom stereocenters. The first-order valence-electron chi connectivity index (χ1n) is 8.62. The van der Waals surface area contributed by atoms with E-state index in [4.69, 9.17) is 0 Å². The summed E-state index contributed by atoms with van der Waals surface area (Å²) in [5, 5.41) is 13.8. The summed E-state index contributed by atoms with van der Waals surface area (Å²) >= 11 is 3.86. The van der Waals surface area contributed by atoms with Crippen molar-refractivity contribution in [3.05, 3.63) is 60.0 Å². The second-order valence-electron chi connectivity index (χ2n) is 6.03. The highest BCUT2D eigenvalue weighted by molar-refractivity contribution is 7.99. The molecule has 4 aromatic rings. The van der Waals surface area contributed by atoms with Crippen LogP contribution in [0.15, 0.2) is 79.2 Å². The first kappa shape index (κ1) is 21.5. The molecule has 9 nitrogen and oxygen atoms in total. The molecule has 13 heteroatoms. The van der Waals surface area contributed by atoms with Gasteiger partial charge in [0.1, 0.15) is 17.0 Å². The van der Waals surface area contributed by atoms with E-state index in [1.807, 2.05) is 0 Å². The zero-order chi connectivity index (χ0) is 21.8. The first-order chi connectivity index (χ1) is 14.9. The number of hydrogen-bond donors (Lipinski definition) is 2. The average Bonchev–Trinajstić information content (AvgIpc) is 3.43. The molecule has 0 fully saturated rings. The first-order valence-corrected chi connectivity index (χ1v) is 13.0. The Balaban J connectivity index is 1.64. The number of thiazole rings is 1. The molecule has 2 N–H and O–H groups in total. The molecule has 1 amide bonds. The Morgan fingerprint density at radius 2 is 1.94 bits per heavy atom. The van der Waals surface area contributed by atoms with Crippen molar-refractivity contribution in [1.29, 1.82) is 0 Å². The minimum absolute atomic E-state index is 0.219. The van der Waals surface area contributed by atoms with E-state index in [0.717, 1.165) is 11.2 Å². The zero-order valence-corrected chi connectivity index (χ0v) is 19.1. The predicted octanol–water partition coefficient (Wildman–Crippen LogP) is 3.61. The van der Waals surface area contributed by atoms with Gasteiger partial charge in [-0.25, -0.2) is 18.4 Å². The minimum Gasteiger partial charge on any atom is -0.322 e. The van der Waals surface area contributed by atoms with Crippen LogP contribution >= 0.6 is 34.9 Å². The number of nitrogens with one attached hydrogen (secondary N) is 2. The maximum absolute atomic E-state index is 12.9. The Morgan fingerprint density at radius 3 is 2.58 bits per heavy atom. The molecule has 0 bridgehead atoms. The molecule has 31 heavy (non-hydrogen) atoms. The second kappa shape index (κ2) is 9.18. The fraction of sp³-hybridized carbons (Fsp3) is 0.0556. The summed E-state index contributed by atoms with van der Waals surface area (Å²) in [6.07, 6.45) is 4.22. The van der Waals surface area contributed by atoms with Crippen molar-refractivity contribution in [2.24, 2.45) is 0 Å². The summed E-state index contributed by atoms with van der Waals surface area (Å²) < 4.78 is 23.4. The minimum atomic E-state index is -3.28. The summed E-state index contributed by atoms with van der Waals surface area (Å²) in [6.45, 7) is 0. The van der Waals surface area contributed by atoms with Gasteiger partial charge < -0.3 is 4.98 Å². The highest BCUT2D eigenvalue weighted by atomic mass is 32.2. The molecule has 4 rings (SSSR count). The van der Waals surface area contributed by atoms with Gasteiger partial charge in [-0.15, -0.1) is 21.5 Å². The fourth-order valence-electron chi connectivity index (χ4n) is 2.40. The highest BCUT2D eigenvalue weighted by Crippen LogP contribution is 2.33. The third-order valence-electron chi connectivity index (χ3n) is 3.78. The smallest absolute Gasteiger partial charge is 0.277 e. The number of carbonyl (C=O) groups is 1. The fourth-order valence-corrected chi connectivity index (χ4v) is 5.12. The van der Waals surface area contributed by atoms with E-state index in [0.29, 0.717) is 20.2 Å². The van der Waals surface area contributed by atoms with Gasteiger partial charge in [0.25, 0.3) is 5.91 Å². The Kier molecular flexibility index (Phi) is 6.36. The molecule has 0 aliphatic heterocycles. The third kappa shape index (κ3) is 5.50. The Morgan fingerprint density at radius 1 is 1.13 bits per heavy atom. The van der Waals surface area contributed by atoms with Gasteiger partial charge in [0, 0.05) is 27.6 Å². The summed E-state index contributed by atoms with van der Waals surface area (Å²) in [6, 6.07) is 10.0. The maximum Gasteiger partial charge on any atom is 0.277 e. The number of rotatable bonds is 7. The van der Waals surface area contributed by atoms with Crippen LogP contribution in [0, 0.1) is 0 Å². The molecule has 0 saturated heterocycles. The van der Waals surface area contributed by atoms with Crippen LogP contribution in [0.1, 0.15) is 10.5 Å². The number of nitrogens with zero attached hydrogens (tertiary/aromatic N) is 4. The molecule has 0 atom stereocenters. The molecular weight excluding hydrogens is 477 g/mol. The van der Waals surface area contributed by atoms with Gasteiger partial charge in [-0.1, -0.05) is 11.8 Å². The summed E-state index contributed by atoms with van der Waals surface area (Å²) in [5.74, 6) is -0.398. The van der Waals surface area contributed by atoms with Gasteiger partial charge in [0.15, 0.2) is 20.1 Å². The van der Waals surface area contributed by atoms with E-state index in [1.54, 1.807) is 35.8 Å². The van der Waals surface area contributed by atoms with Crippen LogP contribution in [-0.2, 0) is 9.84 Å². The van der Waals surface area contributed by atoms with Gasteiger partial charge in [-0.2, -0.15) is 0 Å². The van der Waals surface area contributed by atoms with E-state index in [2.05, 4.69) is 30.5 Å². The zero-order valence-electron chi connectivity index (χ0n) is 15.8. The van der Waals surface area contributed by atoms with E-state index < -0.39 is 15.7 Å². The van der Waals surface area contributed by atoms with Crippen LogP contribution in [-0.4, -0.2) is 45.7 Å². The number of anilines is 1. The number of benzene rings is 1. The summed E-state index contributed by atoms with van der Waals surface area (Å²) in [4.78, 5) is 26.0. The normalized spacial score (nSPS) is 11.4. The molecule has 0 aliphatic rings. The Bertz CT molecular complexity index is 1290. The summed E-state index contributed by atoms with van der Waals surface area (Å²) in [5.41, 5.74) is 0.219. The van der Waals surface area contributed by atoms with Gasteiger partial charge >= 0.3 is 0 Å². The van der Waals surface area contributed by atoms with E-state index in [-0.39, 0.29) is 10.6 Å². The number of aromatic nitrogens is 5. The molecule has 3 aromatic heterocycles. The number of aromatic amines is 1. The van der Waals surface area contributed by atoms with E-state index in [9.17, 15) is 13.2 Å². The van der Waals surface area contributed by atoms with Crippen LogP contribution in [0.5, 0.6) is 0 Å². The Labute approximate surface area is 190 Å². The third-order valence-corrected chi connectivity index (χ3v) is 7.48. The molecule has 0 aliphatic carbocycles. The summed E-state index contributed by atoms with van der Waals surface area (Å²) in [7, 11) is -3.28. The van der Waals surface area contributed by atoms with Crippen molar-refractivity contribution in [1.82, 2.24) is 25.1 Å². The van der Waals surface area contributed by atoms with Gasteiger partial charge in [0.2, 0.25) is 0 Å². The second-order valence-corrected chi connectivity index (χ2v) is 11.1. The van der Waals surface area contributed by atoms with Crippen LogP contribution in [0.25, 0.3) is 0 Å². The highest BCUT2D eigenvalue weighted by Gasteiger charge is 2.18. The van der Waals surface area contributed by atoms with Gasteiger partial charge in [-0.3, -0.25) is 10.1 Å². The number of hydrogen-bond acceptors (Lipinski definition) is 10. The van der Waals surface area contributed by atoms with Crippen molar-refractivity contribution in [2.75, 3.05) is 11.6 Å². The lowest BCUT2D eigenvalue weighted by atomic mass is 10.3. The standard InChI is InChI=1S/C18H14N6O3S4/c1-31(26,27)12-4-2-11(3-5-12)29-13-6-7-14(30-18-20-10-21-24-18)22-15(13)16(25)23-17-19-8-9-28-17/h2-10H,1H3,(H,19,23,25)(H,20,21,24). The lowest BCUT2D eigenvalue weighted by Gasteiger charge is -2.10. The monoisotopic (exact) mass is 490 g/mol. The van der Waals surface area contributed by atoms with Crippen LogP contribution in [0.2, 0.25) is 0 Å². The van der Waals surface area contributed by atoms with Crippen molar-refractivity contribution in [2.45, 2.75) is 24.9 Å². The van der Waals surface area contributed by atoms with Crippen molar-refractivity contribution < 1.29 is 13.2 Å². The largest absolute Gasteiger partial charge is 0.322 e. The SMILES string of the molecule is CS(=O)(=O)c1ccc(Sc2ccc(Sc3nnc[nH]3)nc2C(=O)Nc2nccs2)cc1. The van der Waals surface area contributed by atoms with Crippen LogP contribution in [0.4, 0.5) is 5.13 Å².